The van der Waals surface area contributed by atoms with Crippen LogP contribution in [-0.2, 0) is 0 Å². The molecular weight excluding hydrogens is 521 g/mol. The summed E-state index contributed by atoms with van der Waals surface area (Å²) in [6, 6.07) is 21.1. The number of carbonyl (C=O) groups is 1. The average Bonchev–Trinajstić information content (AvgIpc) is 3.53. The molecule has 0 radical (unpaired) electrons. The first-order chi connectivity index (χ1) is 17.4. The zero-order valence-corrected chi connectivity index (χ0v) is 21.0. The summed E-state index contributed by atoms with van der Waals surface area (Å²) in [6.45, 7) is 0. The van der Waals surface area contributed by atoms with Gasteiger partial charge < -0.3 is 14.5 Å². The molecule has 0 unspecified atom stereocenters. The highest BCUT2D eigenvalue weighted by atomic mass is 35.5. The number of hydrogen-bond acceptors (Lipinski definition) is 6. The van der Waals surface area contributed by atoms with Crippen LogP contribution in [0.1, 0.15) is 10.6 Å². The van der Waals surface area contributed by atoms with Gasteiger partial charge in [0, 0.05) is 11.3 Å². The Kier molecular flexibility index (Phi) is 6.60. The van der Waals surface area contributed by atoms with Crippen LogP contribution in [0.4, 0.5) is 5.69 Å². The average molecular weight is 538 g/mol. The van der Waals surface area contributed by atoms with Crippen LogP contribution in [0.25, 0.3) is 28.0 Å². The number of thiocarbonyl (C=S) groups is 1. The predicted molar refractivity (Wildman–Crippen MR) is 143 cm³/mol. The fraction of sp³-hybridized carbons (Fsp3) is 0.0400. The van der Waals surface area contributed by atoms with Crippen molar-refractivity contribution in [2.24, 2.45) is 0 Å². The summed E-state index contributed by atoms with van der Waals surface area (Å²) in [6.07, 6.45) is 0. The molecular formula is C25H17Cl2N5O3S. The molecule has 2 heterocycles. The standard InChI is InChI=1S/C25H17Cl2N5O3S/c1-34-16-8-6-15(7-9-16)32-30-19-10-5-14(13-20(19)31-32)28-25(36)29-24(33)22-12-11-21(35-22)17-3-2-4-18(26)23(17)27/h2-13H,1H3,(H2,28,29,33,36). The molecule has 0 saturated carbocycles. The molecule has 0 bridgehead atoms. The third-order valence-electron chi connectivity index (χ3n) is 5.22. The number of halogens is 2. The van der Waals surface area contributed by atoms with Crippen molar-refractivity contribution in [3.8, 4) is 22.8 Å². The number of rotatable bonds is 5. The lowest BCUT2D eigenvalue weighted by Gasteiger charge is -2.08. The van der Waals surface area contributed by atoms with Crippen LogP contribution in [0.15, 0.2) is 77.2 Å². The van der Waals surface area contributed by atoms with E-state index in [9.17, 15) is 4.79 Å². The molecule has 11 heteroatoms. The Bertz CT molecular complexity index is 1600. The molecule has 0 saturated heterocycles. The van der Waals surface area contributed by atoms with E-state index in [2.05, 4.69) is 20.8 Å². The zero-order valence-electron chi connectivity index (χ0n) is 18.7. The second-order valence-electron chi connectivity index (χ2n) is 7.56. The molecule has 2 aromatic heterocycles. The van der Waals surface area contributed by atoms with Crippen molar-refractivity contribution in [2.75, 3.05) is 12.4 Å². The molecule has 36 heavy (non-hydrogen) atoms. The highest BCUT2D eigenvalue weighted by molar-refractivity contribution is 7.80. The number of hydrogen-bond donors (Lipinski definition) is 2. The van der Waals surface area contributed by atoms with E-state index in [1.165, 1.54) is 10.9 Å². The Labute approximate surface area is 220 Å². The molecule has 0 atom stereocenters. The Morgan fingerprint density at radius 2 is 1.78 bits per heavy atom. The van der Waals surface area contributed by atoms with Crippen LogP contribution in [0.5, 0.6) is 5.75 Å². The van der Waals surface area contributed by atoms with Gasteiger partial charge in [-0.1, -0.05) is 29.3 Å². The lowest BCUT2D eigenvalue weighted by molar-refractivity contribution is 0.0951. The maximum Gasteiger partial charge on any atom is 0.293 e. The first-order valence-electron chi connectivity index (χ1n) is 10.6. The van der Waals surface area contributed by atoms with Gasteiger partial charge in [0.25, 0.3) is 5.91 Å². The number of carbonyl (C=O) groups excluding carboxylic acids is 1. The van der Waals surface area contributed by atoms with Gasteiger partial charge in [0.2, 0.25) is 0 Å². The van der Waals surface area contributed by atoms with Crippen LogP contribution in [0, 0.1) is 0 Å². The zero-order chi connectivity index (χ0) is 25.2. The minimum Gasteiger partial charge on any atom is -0.497 e. The summed E-state index contributed by atoms with van der Waals surface area (Å²) in [5, 5.41) is 15.4. The second-order valence-corrected chi connectivity index (χ2v) is 8.76. The van der Waals surface area contributed by atoms with Gasteiger partial charge in [0.1, 0.15) is 22.5 Å². The van der Waals surface area contributed by atoms with Crippen molar-refractivity contribution in [3.05, 3.63) is 88.6 Å². The number of ether oxygens (including phenoxy) is 1. The Hall–Kier alpha value is -3.92. The van der Waals surface area contributed by atoms with Gasteiger partial charge in [0.05, 0.1) is 22.8 Å². The van der Waals surface area contributed by atoms with Crippen molar-refractivity contribution in [1.82, 2.24) is 20.3 Å². The van der Waals surface area contributed by atoms with Gasteiger partial charge in [-0.05, 0) is 78.9 Å². The molecule has 0 aliphatic heterocycles. The van der Waals surface area contributed by atoms with E-state index in [1.807, 2.05) is 30.3 Å². The Balaban J connectivity index is 1.26. The van der Waals surface area contributed by atoms with Crippen molar-refractivity contribution in [3.63, 3.8) is 0 Å². The number of nitrogens with zero attached hydrogens (tertiary/aromatic N) is 3. The second kappa shape index (κ2) is 9.98. The smallest absolute Gasteiger partial charge is 0.293 e. The van der Waals surface area contributed by atoms with Gasteiger partial charge in [-0.15, -0.1) is 10.2 Å². The summed E-state index contributed by atoms with van der Waals surface area (Å²) in [4.78, 5) is 14.2. The van der Waals surface area contributed by atoms with E-state index < -0.39 is 5.91 Å². The summed E-state index contributed by atoms with van der Waals surface area (Å²) >= 11 is 17.6. The maximum absolute atomic E-state index is 12.6. The van der Waals surface area contributed by atoms with E-state index in [0.717, 1.165) is 11.4 Å². The molecule has 5 rings (SSSR count). The fourth-order valence-corrected chi connectivity index (χ4v) is 4.05. The summed E-state index contributed by atoms with van der Waals surface area (Å²) in [5.74, 6) is 0.722. The van der Waals surface area contributed by atoms with Gasteiger partial charge in [-0.3, -0.25) is 10.1 Å². The number of benzene rings is 3. The van der Waals surface area contributed by atoms with Crippen molar-refractivity contribution < 1.29 is 13.9 Å². The van der Waals surface area contributed by atoms with Crippen LogP contribution in [0.3, 0.4) is 0 Å². The van der Waals surface area contributed by atoms with Crippen LogP contribution in [-0.4, -0.2) is 33.1 Å². The quantitative estimate of drug-likeness (QED) is 0.260. The van der Waals surface area contributed by atoms with Gasteiger partial charge in [-0.2, -0.15) is 4.80 Å². The first-order valence-corrected chi connectivity index (χ1v) is 11.8. The Morgan fingerprint density at radius 1 is 1.00 bits per heavy atom. The van der Waals surface area contributed by atoms with E-state index >= 15 is 0 Å². The highest BCUT2D eigenvalue weighted by Crippen LogP contribution is 2.34. The Morgan fingerprint density at radius 3 is 2.56 bits per heavy atom. The van der Waals surface area contributed by atoms with E-state index in [0.29, 0.717) is 38.1 Å². The maximum atomic E-state index is 12.6. The summed E-state index contributed by atoms with van der Waals surface area (Å²) in [7, 11) is 1.61. The van der Waals surface area contributed by atoms with Crippen LogP contribution in [0.2, 0.25) is 10.0 Å². The number of anilines is 1. The molecule has 0 spiro atoms. The molecule has 3 aromatic carbocycles. The fourth-order valence-electron chi connectivity index (χ4n) is 3.45. The summed E-state index contributed by atoms with van der Waals surface area (Å²) in [5.41, 5.74) is 3.37. The first kappa shape index (κ1) is 23.8. The summed E-state index contributed by atoms with van der Waals surface area (Å²) < 4.78 is 10.9. The number of fused-ring (bicyclic) bond motifs is 1. The molecule has 0 fully saturated rings. The molecule has 180 valence electrons. The SMILES string of the molecule is COc1ccc(-n2nc3ccc(NC(=S)NC(=O)c4ccc(-c5cccc(Cl)c5Cl)o4)cc3n2)cc1. The van der Waals surface area contributed by atoms with Gasteiger partial charge in [-0.25, -0.2) is 0 Å². The number of aromatic nitrogens is 3. The van der Waals surface area contributed by atoms with Gasteiger partial charge in [0.15, 0.2) is 10.9 Å². The lowest BCUT2D eigenvalue weighted by Crippen LogP contribution is -2.33. The van der Waals surface area contributed by atoms with E-state index in [-0.39, 0.29) is 10.9 Å². The third-order valence-corrected chi connectivity index (χ3v) is 6.24. The highest BCUT2D eigenvalue weighted by Gasteiger charge is 2.16. The topological polar surface area (TPSA) is 94.2 Å². The monoisotopic (exact) mass is 537 g/mol. The largest absolute Gasteiger partial charge is 0.497 e. The molecule has 0 aliphatic carbocycles. The lowest BCUT2D eigenvalue weighted by atomic mass is 10.2. The predicted octanol–water partition coefficient (Wildman–Crippen LogP) is 6.12. The number of furan rings is 1. The molecule has 2 N–H and O–H groups in total. The van der Waals surface area contributed by atoms with E-state index in [4.69, 9.17) is 44.6 Å². The molecule has 5 aromatic rings. The van der Waals surface area contributed by atoms with E-state index in [1.54, 1.807) is 43.5 Å². The van der Waals surface area contributed by atoms with Crippen molar-refractivity contribution in [2.45, 2.75) is 0 Å². The molecule has 0 aliphatic rings. The van der Waals surface area contributed by atoms with Gasteiger partial charge >= 0.3 is 0 Å². The number of methoxy groups -OCH3 is 1. The molecule has 8 nitrogen and oxygen atoms in total. The van der Waals surface area contributed by atoms with Crippen molar-refractivity contribution >= 4 is 63.2 Å². The minimum atomic E-state index is -0.511. The van der Waals surface area contributed by atoms with Crippen molar-refractivity contribution in [1.29, 1.82) is 0 Å². The molecule has 1 amide bonds. The normalized spacial score (nSPS) is 10.9. The number of nitrogens with one attached hydrogen (secondary N) is 2. The minimum absolute atomic E-state index is 0.0723. The van der Waals surface area contributed by atoms with Crippen LogP contribution >= 0.6 is 35.4 Å². The van der Waals surface area contributed by atoms with Crippen LogP contribution < -0.4 is 15.4 Å². The third kappa shape index (κ3) is 4.90. The number of amides is 1.